The molecule has 1 aliphatic carbocycles. The summed E-state index contributed by atoms with van der Waals surface area (Å²) >= 11 is 0. The molecule has 0 aliphatic heterocycles. The van der Waals surface area contributed by atoms with E-state index in [0.717, 1.165) is 17.7 Å². The first-order chi connectivity index (χ1) is 6.77. The molecule has 2 heteroatoms. The molecule has 1 saturated carbocycles. The maximum absolute atomic E-state index is 12.1. The van der Waals surface area contributed by atoms with E-state index >= 15 is 0 Å². The zero-order valence-electron chi connectivity index (χ0n) is 8.53. The highest BCUT2D eigenvalue weighted by molar-refractivity contribution is 7.85. The zero-order valence-corrected chi connectivity index (χ0v) is 9.35. The van der Waals surface area contributed by atoms with Crippen LogP contribution in [0.3, 0.4) is 0 Å². The molecule has 1 nitrogen and oxygen atoms in total. The third-order valence-electron chi connectivity index (χ3n) is 2.86. The van der Waals surface area contributed by atoms with Crippen LogP contribution in [0.15, 0.2) is 29.2 Å². The van der Waals surface area contributed by atoms with Crippen molar-refractivity contribution in [2.45, 2.75) is 42.8 Å². The molecule has 0 unspecified atom stereocenters. The van der Waals surface area contributed by atoms with Crippen LogP contribution in [-0.4, -0.2) is 9.46 Å². The van der Waals surface area contributed by atoms with Crippen LogP contribution in [0.4, 0.5) is 0 Å². The zero-order chi connectivity index (χ0) is 9.97. The van der Waals surface area contributed by atoms with Crippen LogP contribution in [-0.2, 0) is 10.8 Å². The van der Waals surface area contributed by atoms with Gasteiger partial charge in [-0.05, 0) is 31.9 Å². The van der Waals surface area contributed by atoms with Crippen molar-refractivity contribution in [3.8, 4) is 0 Å². The summed E-state index contributed by atoms with van der Waals surface area (Å²) in [6.07, 6.45) is 4.78. The summed E-state index contributed by atoms with van der Waals surface area (Å²) in [5, 5.41) is 0.415. The third kappa shape index (κ3) is 2.06. The van der Waals surface area contributed by atoms with Gasteiger partial charge in [0.25, 0.3) is 0 Å². The Morgan fingerprint density at radius 2 is 1.71 bits per heavy atom. The Bertz CT molecular complexity index is 323. The average Bonchev–Trinajstić information content (AvgIpc) is 2.71. The first-order valence-corrected chi connectivity index (χ1v) is 6.46. The molecule has 1 aromatic carbocycles. The van der Waals surface area contributed by atoms with Gasteiger partial charge in [-0.15, -0.1) is 0 Å². The standard InChI is InChI=1S/C12H16OS/c1-10-6-8-12(9-7-10)14(13)11-4-2-3-5-11/h6-9,11H,2-5H2,1H3/t14-/m1/s1. The van der Waals surface area contributed by atoms with Gasteiger partial charge < -0.3 is 0 Å². The fraction of sp³-hybridized carbons (Fsp3) is 0.500. The summed E-state index contributed by atoms with van der Waals surface area (Å²) in [5.41, 5.74) is 1.23. The van der Waals surface area contributed by atoms with Crippen LogP contribution < -0.4 is 0 Å². The molecule has 0 saturated heterocycles. The molecule has 14 heavy (non-hydrogen) atoms. The molecule has 2 rings (SSSR count). The van der Waals surface area contributed by atoms with Crippen molar-refractivity contribution in [2.24, 2.45) is 0 Å². The molecule has 1 aliphatic rings. The van der Waals surface area contributed by atoms with Gasteiger partial charge in [0, 0.05) is 10.1 Å². The summed E-state index contributed by atoms with van der Waals surface area (Å²) in [7, 11) is -0.767. The smallest absolute Gasteiger partial charge is 0.0560 e. The lowest BCUT2D eigenvalue weighted by molar-refractivity contribution is 0.669. The highest BCUT2D eigenvalue weighted by Gasteiger charge is 2.22. The molecule has 0 N–H and O–H groups in total. The average molecular weight is 208 g/mol. The lowest BCUT2D eigenvalue weighted by atomic mass is 10.2. The molecule has 0 bridgehead atoms. The third-order valence-corrected chi connectivity index (χ3v) is 4.67. The van der Waals surface area contributed by atoms with Gasteiger partial charge in [-0.25, -0.2) is 0 Å². The number of hydrogen-bond acceptors (Lipinski definition) is 1. The van der Waals surface area contributed by atoms with E-state index in [9.17, 15) is 4.21 Å². The molecule has 0 amide bonds. The van der Waals surface area contributed by atoms with E-state index < -0.39 is 10.8 Å². The van der Waals surface area contributed by atoms with Crippen LogP contribution in [0, 0.1) is 6.92 Å². The van der Waals surface area contributed by atoms with E-state index in [1.54, 1.807) is 0 Å². The minimum Gasteiger partial charge on any atom is -0.254 e. The summed E-state index contributed by atoms with van der Waals surface area (Å²) in [6.45, 7) is 2.06. The Balaban J connectivity index is 2.14. The van der Waals surface area contributed by atoms with Gasteiger partial charge in [0.15, 0.2) is 0 Å². The van der Waals surface area contributed by atoms with Crippen LogP contribution in [0.25, 0.3) is 0 Å². The first-order valence-electron chi connectivity index (χ1n) is 5.24. The highest BCUT2D eigenvalue weighted by atomic mass is 32.2. The van der Waals surface area contributed by atoms with Crippen LogP contribution >= 0.6 is 0 Å². The van der Waals surface area contributed by atoms with Crippen molar-refractivity contribution >= 4 is 10.8 Å². The van der Waals surface area contributed by atoms with Crippen molar-refractivity contribution in [3.63, 3.8) is 0 Å². The van der Waals surface area contributed by atoms with Crippen molar-refractivity contribution in [1.29, 1.82) is 0 Å². The molecule has 0 spiro atoms. The van der Waals surface area contributed by atoms with E-state index in [2.05, 4.69) is 6.92 Å². The van der Waals surface area contributed by atoms with Gasteiger partial charge in [0.2, 0.25) is 0 Å². The van der Waals surface area contributed by atoms with E-state index in [1.165, 1.54) is 18.4 Å². The second-order valence-electron chi connectivity index (χ2n) is 4.02. The largest absolute Gasteiger partial charge is 0.254 e. The summed E-state index contributed by atoms with van der Waals surface area (Å²) in [6, 6.07) is 8.10. The van der Waals surface area contributed by atoms with Gasteiger partial charge in [-0.1, -0.05) is 30.5 Å². The number of benzene rings is 1. The van der Waals surface area contributed by atoms with Crippen molar-refractivity contribution in [2.75, 3.05) is 0 Å². The normalized spacial score (nSPS) is 19.8. The maximum atomic E-state index is 12.1. The Morgan fingerprint density at radius 1 is 1.14 bits per heavy atom. The second-order valence-corrected chi connectivity index (χ2v) is 5.75. The molecule has 1 fully saturated rings. The van der Waals surface area contributed by atoms with Crippen molar-refractivity contribution in [1.82, 2.24) is 0 Å². The Kier molecular flexibility index (Phi) is 3.02. The number of rotatable bonds is 2. The lowest BCUT2D eigenvalue weighted by Crippen LogP contribution is -2.10. The summed E-state index contributed by atoms with van der Waals surface area (Å²) in [4.78, 5) is 1.00. The van der Waals surface area contributed by atoms with Gasteiger partial charge in [0.1, 0.15) is 0 Å². The molecule has 1 atom stereocenters. The molecule has 0 radical (unpaired) electrons. The Labute approximate surface area is 88.0 Å². The number of hydrogen-bond donors (Lipinski definition) is 0. The quantitative estimate of drug-likeness (QED) is 0.730. The topological polar surface area (TPSA) is 17.1 Å². The first kappa shape index (κ1) is 9.91. The Morgan fingerprint density at radius 3 is 2.29 bits per heavy atom. The van der Waals surface area contributed by atoms with Crippen LogP contribution in [0.2, 0.25) is 0 Å². The fourth-order valence-electron chi connectivity index (χ4n) is 1.97. The van der Waals surface area contributed by atoms with Crippen LogP contribution in [0.5, 0.6) is 0 Å². The van der Waals surface area contributed by atoms with Gasteiger partial charge >= 0.3 is 0 Å². The molecular formula is C12H16OS. The predicted molar refractivity (Wildman–Crippen MR) is 59.8 cm³/mol. The van der Waals surface area contributed by atoms with E-state index in [1.807, 2.05) is 24.3 Å². The van der Waals surface area contributed by atoms with Crippen molar-refractivity contribution in [3.05, 3.63) is 29.8 Å². The Hall–Kier alpha value is -0.630. The number of aryl methyl sites for hydroxylation is 1. The fourth-order valence-corrected chi connectivity index (χ4v) is 3.52. The minimum atomic E-state index is -0.767. The van der Waals surface area contributed by atoms with E-state index in [-0.39, 0.29) is 0 Å². The predicted octanol–water partition coefficient (Wildman–Crippen LogP) is 3.05. The monoisotopic (exact) mass is 208 g/mol. The SMILES string of the molecule is Cc1ccc([S@](=O)C2CCCC2)cc1. The summed E-state index contributed by atoms with van der Waals surface area (Å²) < 4.78 is 12.1. The molecule has 0 heterocycles. The van der Waals surface area contributed by atoms with Crippen molar-refractivity contribution < 1.29 is 4.21 Å². The molecular weight excluding hydrogens is 192 g/mol. The second kappa shape index (κ2) is 4.26. The van der Waals surface area contributed by atoms with Gasteiger partial charge in [-0.3, -0.25) is 4.21 Å². The molecule has 1 aromatic rings. The van der Waals surface area contributed by atoms with Gasteiger partial charge in [-0.2, -0.15) is 0 Å². The van der Waals surface area contributed by atoms with Crippen LogP contribution in [0.1, 0.15) is 31.2 Å². The minimum absolute atomic E-state index is 0.415. The molecule has 0 aromatic heterocycles. The lowest BCUT2D eigenvalue weighted by Gasteiger charge is -2.08. The highest BCUT2D eigenvalue weighted by Crippen LogP contribution is 2.26. The summed E-state index contributed by atoms with van der Waals surface area (Å²) in [5.74, 6) is 0. The maximum Gasteiger partial charge on any atom is 0.0560 e. The molecule has 76 valence electrons. The van der Waals surface area contributed by atoms with Gasteiger partial charge in [0.05, 0.1) is 10.8 Å². The van der Waals surface area contributed by atoms with E-state index in [4.69, 9.17) is 0 Å². The van der Waals surface area contributed by atoms with E-state index in [0.29, 0.717) is 5.25 Å².